The minimum absolute atomic E-state index is 0.285. The molecule has 4 nitrogen and oxygen atoms in total. The van der Waals surface area contributed by atoms with Crippen LogP contribution >= 0.6 is 27.5 Å². The topological polar surface area (TPSA) is 77.0 Å². The molecule has 0 aliphatic carbocycles. The number of nitrogens with two attached hydrogens (primary N) is 2. The van der Waals surface area contributed by atoms with Crippen LogP contribution in [0.4, 0.5) is 10.2 Å². The number of anilines is 1. The third-order valence-corrected chi connectivity index (χ3v) is 3.28. The van der Waals surface area contributed by atoms with E-state index in [1.807, 2.05) is 0 Å². The highest BCUT2D eigenvalue weighted by Gasteiger charge is 2.18. The molecule has 19 heavy (non-hydrogen) atoms. The zero-order chi connectivity index (χ0) is 14.0. The number of rotatable bonds is 3. The summed E-state index contributed by atoms with van der Waals surface area (Å²) in [5.41, 5.74) is 9.61. The monoisotopic (exact) mass is 344 g/mol. The van der Waals surface area contributed by atoms with Gasteiger partial charge >= 0.3 is 0 Å². The van der Waals surface area contributed by atoms with E-state index in [9.17, 15) is 4.39 Å². The maximum Gasteiger partial charge on any atom is 0.128 e. The van der Waals surface area contributed by atoms with Crippen molar-refractivity contribution in [3.05, 3.63) is 56.9 Å². The van der Waals surface area contributed by atoms with Gasteiger partial charge in [-0.25, -0.2) is 14.8 Å². The minimum atomic E-state index is -0.502. The van der Waals surface area contributed by atoms with Crippen LogP contribution in [0, 0.1) is 5.82 Å². The Hall–Kier alpha value is -1.21. The van der Waals surface area contributed by atoms with Crippen LogP contribution in [0.3, 0.4) is 0 Å². The number of pyridine rings is 1. The average Bonchev–Trinajstić information content (AvgIpc) is 2.33. The SMILES string of the molecule is NNC(c1cc(F)cc(Br)c1)c1cc(Cl)cnc1N. The maximum atomic E-state index is 13.4. The van der Waals surface area contributed by atoms with E-state index in [4.69, 9.17) is 23.2 Å². The van der Waals surface area contributed by atoms with Gasteiger partial charge in [-0.05, 0) is 29.8 Å². The minimum Gasteiger partial charge on any atom is -0.383 e. The van der Waals surface area contributed by atoms with E-state index >= 15 is 0 Å². The fourth-order valence-electron chi connectivity index (χ4n) is 1.80. The van der Waals surface area contributed by atoms with E-state index in [1.54, 1.807) is 12.1 Å². The van der Waals surface area contributed by atoms with E-state index < -0.39 is 6.04 Å². The van der Waals surface area contributed by atoms with Crippen LogP contribution < -0.4 is 17.0 Å². The van der Waals surface area contributed by atoms with Crippen LogP contribution in [0.1, 0.15) is 17.2 Å². The number of hydrazine groups is 1. The molecular weight excluding hydrogens is 335 g/mol. The lowest BCUT2D eigenvalue weighted by Gasteiger charge is -2.18. The van der Waals surface area contributed by atoms with Crippen molar-refractivity contribution >= 4 is 33.3 Å². The van der Waals surface area contributed by atoms with Crippen LogP contribution in [0.15, 0.2) is 34.9 Å². The average molecular weight is 346 g/mol. The maximum absolute atomic E-state index is 13.4. The zero-order valence-electron chi connectivity index (χ0n) is 9.70. The van der Waals surface area contributed by atoms with Gasteiger partial charge in [-0.2, -0.15) is 0 Å². The molecule has 0 saturated heterocycles. The van der Waals surface area contributed by atoms with Crippen molar-refractivity contribution < 1.29 is 4.39 Å². The molecule has 1 unspecified atom stereocenters. The second kappa shape index (κ2) is 5.83. The van der Waals surface area contributed by atoms with Gasteiger partial charge in [-0.1, -0.05) is 27.5 Å². The van der Waals surface area contributed by atoms with Gasteiger partial charge in [0.1, 0.15) is 11.6 Å². The summed E-state index contributed by atoms with van der Waals surface area (Å²) in [5, 5.41) is 0.430. The van der Waals surface area contributed by atoms with Crippen molar-refractivity contribution in [1.82, 2.24) is 10.4 Å². The first-order valence-electron chi connectivity index (χ1n) is 5.34. The van der Waals surface area contributed by atoms with E-state index in [0.29, 0.717) is 20.6 Å². The van der Waals surface area contributed by atoms with Gasteiger partial charge in [0.2, 0.25) is 0 Å². The molecule has 0 aliphatic rings. The Balaban J connectivity index is 2.52. The summed E-state index contributed by atoms with van der Waals surface area (Å²) < 4.78 is 14.1. The highest BCUT2D eigenvalue weighted by atomic mass is 79.9. The predicted molar refractivity (Wildman–Crippen MR) is 76.9 cm³/mol. The van der Waals surface area contributed by atoms with Crippen LogP contribution in [-0.2, 0) is 0 Å². The lowest BCUT2D eigenvalue weighted by Crippen LogP contribution is -2.29. The molecule has 2 aromatic rings. The Bertz CT molecular complexity index is 588. The highest BCUT2D eigenvalue weighted by molar-refractivity contribution is 9.10. The van der Waals surface area contributed by atoms with Gasteiger partial charge in [0.15, 0.2) is 0 Å². The summed E-state index contributed by atoms with van der Waals surface area (Å²) in [6, 6.07) is 5.62. The largest absolute Gasteiger partial charge is 0.383 e. The fraction of sp³-hybridized carbons (Fsp3) is 0.0833. The quantitative estimate of drug-likeness (QED) is 0.590. The number of aromatic nitrogens is 1. The third kappa shape index (κ3) is 3.22. The summed E-state index contributed by atoms with van der Waals surface area (Å²) in [5.74, 6) is 5.45. The molecule has 2 rings (SSSR count). The molecule has 0 radical (unpaired) electrons. The highest BCUT2D eigenvalue weighted by Crippen LogP contribution is 2.29. The van der Waals surface area contributed by atoms with E-state index in [1.165, 1.54) is 18.3 Å². The van der Waals surface area contributed by atoms with Crippen molar-refractivity contribution in [1.29, 1.82) is 0 Å². The van der Waals surface area contributed by atoms with E-state index in [0.717, 1.165) is 0 Å². The molecule has 1 aromatic carbocycles. The fourth-order valence-corrected chi connectivity index (χ4v) is 2.45. The van der Waals surface area contributed by atoms with E-state index in [2.05, 4.69) is 26.3 Å². The zero-order valence-corrected chi connectivity index (χ0v) is 12.0. The smallest absolute Gasteiger partial charge is 0.128 e. The van der Waals surface area contributed by atoms with Crippen molar-refractivity contribution in [2.75, 3.05) is 5.73 Å². The molecule has 0 bridgehead atoms. The Labute approximate surface area is 123 Å². The number of nitrogens with one attached hydrogen (secondary N) is 1. The second-order valence-corrected chi connectivity index (χ2v) is 5.28. The normalized spacial score (nSPS) is 12.4. The van der Waals surface area contributed by atoms with Crippen LogP contribution in [0.5, 0.6) is 0 Å². The Morgan fingerprint density at radius 2 is 2.05 bits per heavy atom. The number of halogens is 3. The molecule has 1 atom stereocenters. The van der Waals surface area contributed by atoms with Gasteiger partial charge in [0.25, 0.3) is 0 Å². The van der Waals surface area contributed by atoms with Crippen LogP contribution in [-0.4, -0.2) is 4.98 Å². The van der Waals surface area contributed by atoms with E-state index in [-0.39, 0.29) is 11.6 Å². The first kappa shape index (κ1) is 14.2. The second-order valence-electron chi connectivity index (χ2n) is 3.93. The van der Waals surface area contributed by atoms with Crippen LogP contribution in [0.25, 0.3) is 0 Å². The van der Waals surface area contributed by atoms with Gasteiger partial charge < -0.3 is 5.73 Å². The molecule has 1 heterocycles. The van der Waals surface area contributed by atoms with Gasteiger partial charge in [0, 0.05) is 16.2 Å². The molecule has 100 valence electrons. The lowest BCUT2D eigenvalue weighted by molar-refractivity contribution is 0.604. The number of nitrogens with zero attached hydrogens (tertiary/aromatic N) is 1. The first-order valence-corrected chi connectivity index (χ1v) is 6.51. The van der Waals surface area contributed by atoms with Crippen LogP contribution in [0.2, 0.25) is 5.02 Å². The number of hydrogen-bond donors (Lipinski definition) is 3. The summed E-state index contributed by atoms with van der Waals surface area (Å²) >= 11 is 9.13. The third-order valence-electron chi connectivity index (χ3n) is 2.61. The van der Waals surface area contributed by atoms with Crippen molar-refractivity contribution in [2.24, 2.45) is 5.84 Å². The number of hydrogen-bond acceptors (Lipinski definition) is 4. The van der Waals surface area contributed by atoms with Gasteiger partial charge in [-0.3, -0.25) is 5.84 Å². The van der Waals surface area contributed by atoms with Gasteiger partial charge in [0.05, 0.1) is 11.1 Å². The van der Waals surface area contributed by atoms with Crippen molar-refractivity contribution in [2.45, 2.75) is 6.04 Å². The summed E-state index contributed by atoms with van der Waals surface area (Å²) in [6.07, 6.45) is 1.44. The molecule has 0 amide bonds. The lowest BCUT2D eigenvalue weighted by atomic mass is 10.00. The van der Waals surface area contributed by atoms with Crippen molar-refractivity contribution in [3.63, 3.8) is 0 Å². The summed E-state index contributed by atoms with van der Waals surface area (Å²) in [4.78, 5) is 3.96. The molecular formula is C12H11BrClFN4. The Morgan fingerprint density at radius 3 is 2.68 bits per heavy atom. The summed E-state index contributed by atoms with van der Waals surface area (Å²) in [7, 11) is 0. The first-order chi connectivity index (χ1) is 9.01. The molecule has 7 heteroatoms. The molecule has 0 fully saturated rings. The number of benzene rings is 1. The predicted octanol–water partition coefficient (Wildman–Crippen LogP) is 2.77. The molecule has 0 spiro atoms. The Kier molecular flexibility index (Phi) is 4.36. The molecule has 0 saturated carbocycles. The molecule has 5 N–H and O–H groups in total. The molecule has 1 aromatic heterocycles. The van der Waals surface area contributed by atoms with Crippen molar-refractivity contribution in [3.8, 4) is 0 Å². The molecule has 0 aliphatic heterocycles. The Morgan fingerprint density at radius 1 is 1.32 bits per heavy atom. The van der Waals surface area contributed by atoms with Gasteiger partial charge in [-0.15, -0.1) is 0 Å². The standard InChI is InChI=1S/C12H11BrClFN4/c13-7-1-6(2-9(15)3-7)11(19-17)10-4-8(14)5-18-12(10)16/h1-5,11,19H,17H2,(H2,16,18). The summed E-state index contributed by atoms with van der Waals surface area (Å²) in [6.45, 7) is 0. The number of nitrogen functional groups attached to an aromatic ring is 1.